The van der Waals surface area contributed by atoms with Gasteiger partial charge in [-0.05, 0) is 42.7 Å². The molecule has 0 unspecified atom stereocenters. The monoisotopic (exact) mass is 388 g/mol. The number of rotatable bonds is 6. The maximum atomic E-state index is 12.6. The summed E-state index contributed by atoms with van der Waals surface area (Å²) in [6.07, 6.45) is 0.634. The second kappa shape index (κ2) is 8.65. The second-order valence-electron chi connectivity index (χ2n) is 6.48. The van der Waals surface area contributed by atoms with Gasteiger partial charge >= 0.3 is 0 Å². The Bertz CT molecular complexity index is 888. The number of sulfonamides is 1. The van der Waals surface area contributed by atoms with E-state index in [1.807, 2.05) is 25.1 Å². The van der Waals surface area contributed by atoms with Crippen molar-refractivity contribution in [3.63, 3.8) is 0 Å². The first kappa shape index (κ1) is 19.5. The van der Waals surface area contributed by atoms with Gasteiger partial charge in [-0.3, -0.25) is 4.79 Å². The molecular weight excluding hydrogens is 364 g/mol. The van der Waals surface area contributed by atoms with E-state index in [9.17, 15) is 13.2 Å². The van der Waals surface area contributed by atoms with Crippen molar-refractivity contribution < 1.29 is 17.9 Å². The van der Waals surface area contributed by atoms with E-state index in [0.29, 0.717) is 44.8 Å². The summed E-state index contributed by atoms with van der Waals surface area (Å²) in [5.74, 6) is -0.0976. The molecular formula is C20H24N2O4S. The summed E-state index contributed by atoms with van der Waals surface area (Å²) in [6, 6.07) is 14.3. The van der Waals surface area contributed by atoms with Crippen LogP contribution in [0.2, 0.25) is 0 Å². The zero-order chi connectivity index (χ0) is 19.3. The summed E-state index contributed by atoms with van der Waals surface area (Å²) in [6.45, 7) is 4.02. The van der Waals surface area contributed by atoms with E-state index >= 15 is 0 Å². The van der Waals surface area contributed by atoms with Crippen molar-refractivity contribution in [2.45, 2.75) is 18.2 Å². The predicted octanol–water partition coefficient (Wildman–Crippen LogP) is 1.99. The number of carbonyl (C=O) groups is 1. The zero-order valence-corrected chi connectivity index (χ0v) is 16.2. The lowest BCUT2D eigenvalue weighted by Gasteiger charge is -2.26. The minimum atomic E-state index is -3.47. The van der Waals surface area contributed by atoms with Crippen molar-refractivity contribution in [1.29, 1.82) is 0 Å². The maximum Gasteiger partial charge on any atom is 0.251 e. The number of amides is 1. The molecule has 0 saturated carbocycles. The van der Waals surface area contributed by atoms with Gasteiger partial charge in [0.2, 0.25) is 10.0 Å². The van der Waals surface area contributed by atoms with Crippen LogP contribution in [0.4, 0.5) is 0 Å². The smallest absolute Gasteiger partial charge is 0.251 e. The van der Waals surface area contributed by atoms with Gasteiger partial charge in [0.25, 0.3) is 5.91 Å². The van der Waals surface area contributed by atoms with E-state index in [2.05, 4.69) is 5.32 Å². The summed E-state index contributed by atoms with van der Waals surface area (Å²) < 4.78 is 31.9. The largest absolute Gasteiger partial charge is 0.379 e. The van der Waals surface area contributed by atoms with E-state index in [1.54, 1.807) is 30.3 Å². The van der Waals surface area contributed by atoms with E-state index in [-0.39, 0.29) is 10.8 Å². The molecule has 3 rings (SSSR count). The summed E-state index contributed by atoms with van der Waals surface area (Å²) >= 11 is 0. The van der Waals surface area contributed by atoms with E-state index < -0.39 is 10.0 Å². The number of hydrogen-bond donors (Lipinski definition) is 1. The minimum absolute atomic E-state index is 0.0976. The third-order valence-corrected chi connectivity index (χ3v) is 6.53. The Balaban J connectivity index is 1.56. The number of benzene rings is 2. The quantitative estimate of drug-likeness (QED) is 0.821. The molecule has 1 saturated heterocycles. The Morgan fingerprint density at radius 2 is 1.74 bits per heavy atom. The van der Waals surface area contributed by atoms with Crippen molar-refractivity contribution in [3.05, 3.63) is 65.2 Å². The second-order valence-corrected chi connectivity index (χ2v) is 8.42. The fraction of sp³-hybridized carbons (Fsp3) is 0.350. The van der Waals surface area contributed by atoms with Gasteiger partial charge in [-0.1, -0.05) is 30.3 Å². The highest BCUT2D eigenvalue weighted by Crippen LogP contribution is 2.18. The highest BCUT2D eigenvalue weighted by molar-refractivity contribution is 7.89. The van der Waals surface area contributed by atoms with Crippen LogP contribution in [-0.4, -0.2) is 51.5 Å². The zero-order valence-electron chi connectivity index (χ0n) is 15.3. The van der Waals surface area contributed by atoms with Crippen LogP contribution in [0.3, 0.4) is 0 Å². The standard InChI is InChI=1S/C20H24N2O4S/c1-16-4-2-3-5-19(16)20(23)21-11-10-17-6-8-18(9-7-17)27(24,25)22-12-14-26-15-13-22/h2-9H,10-15H2,1H3,(H,21,23). The topological polar surface area (TPSA) is 75.7 Å². The fourth-order valence-electron chi connectivity index (χ4n) is 3.01. The molecule has 0 bridgehead atoms. The number of carbonyl (C=O) groups excluding carboxylic acids is 1. The molecule has 1 aliphatic heterocycles. The lowest BCUT2D eigenvalue weighted by molar-refractivity contribution is 0.0730. The van der Waals surface area contributed by atoms with Crippen molar-refractivity contribution in [3.8, 4) is 0 Å². The van der Waals surface area contributed by atoms with Gasteiger partial charge in [-0.25, -0.2) is 8.42 Å². The number of nitrogens with zero attached hydrogens (tertiary/aromatic N) is 1. The molecule has 6 nitrogen and oxygen atoms in total. The first-order valence-electron chi connectivity index (χ1n) is 8.99. The fourth-order valence-corrected chi connectivity index (χ4v) is 4.42. The van der Waals surface area contributed by atoms with Gasteiger partial charge in [-0.2, -0.15) is 4.31 Å². The Kier molecular flexibility index (Phi) is 6.26. The molecule has 1 N–H and O–H groups in total. The van der Waals surface area contributed by atoms with E-state index in [0.717, 1.165) is 11.1 Å². The van der Waals surface area contributed by atoms with Crippen LogP contribution in [0.25, 0.3) is 0 Å². The molecule has 0 atom stereocenters. The van der Waals surface area contributed by atoms with E-state index in [4.69, 9.17) is 4.74 Å². The third kappa shape index (κ3) is 4.74. The van der Waals surface area contributed by atoms with Crippen LogP contribution in [0.15, 0.2) is 53.4 Å². The first-order chi connectivity index (χ1) is 13.0. The number of hydrogen-bond acceptors (Lipinski definition) is 4. The van der Waals surface area contributed by atoms with Gasteiger partial charge < -0.3 is 10.1 Å². The summed E-state index contributed by atoms with van der Waals surface area (Å²) in [5, 5.41) is 2.91. The average Bonchev–Trinajstić information content (AvgIpc) is 2.69. The Labute approximate surface area is 160 Å². The molecule has 144 valence electrons. The van der Waals surface area contributed by atoms with Crippen molar-refractivity contribution in [2.75, 3.05) is 32.8 Å². The Morgan fingerprint density at radius 3 is 2.41 bits per heavy atom. The highest BCUT2D eigenvalue weighted by Gasteiger charge is 2.26. The summed E-state index contributed by atoms with van der Waals surface area (Å²) in [7, 11) is -3.47. The number of aryl methyl sites for hydroxylation is 1. The lowest BCUT2D eigenvalue weighted by Crippen LogP contribution is -2.40. The van der Waals surface area contributed by atoms with Gasteiger partial charge in [-0.15, -0.1) is 0 Å². The first-order valence-corrected chi connectivity index (χ1v) is 10.4. The third-order valence-electron chi connectivity index (χ3n) is 4.62. The van der Waals surface area contributed by atoms with Gasteiger partial charge in [0, 0.05) is 25.2 Å². The molecule has 0 aromatic heterocycles. The van der Waals surface area contributed by atoms with Crippen LogP contribution < -0.4 is 5.32 Å². The van der Waals surface area contributed by atoms with Crippen LogP contribution in [0, 0.1) is 6.92 Å². The molecule has 7 heteroatoms. The van der Waals surface area contributed by atoms with Crippen LogP contribution in [-0.2, 0) is 21.2 Å². The molecule has 1 aliphatic rings. The Morgan fingerprint density at radius 1 is 1.07 bits per heavy atom. The Hall–Kier alpha value is -2.22. The molecule has 1 heterocycles. The number of ether oxygens (including phenoxy) is 1. The number of morpholine rings is 1. The molecule has 0 aliphatic carbocycles. The molecule has 1 fully saturated rings. The summed E-state index contributed by atoms with van der Waals surface area (Å²) in [4.78, 5) is 12.5. The molecule has 2 aromatic carbocycles. The maximum absolute atomic E-state index is 12.6. The highest BCUT2D eigenvalue weighted by atomic mass is 32.2. The summed E-state index contributed by atoms with van der Waals surface area (Å²) in [5.41, 5.74) is 2.58. The molecule has 1 amide bonds. The van der Waals surface area contributed by atoms with Crippen LogP contribution in [0.1, 0.15) is 21.5 Å². The van der Waals surface area contributed by atoms with Crippen LogP contribution >= 0.6 is 0 Å². The van der Waals surface area contributed by atoms with Gasteiger partial charge in [0.15, 0.2) is 0 Å². The van der Waals surface area contributed by atoms with Crippen molar-refractivity contribution in [2.24, 2.45) is 0 Å². The average molecular weight is 388 g/mol. The lowest BCUT2D eigenvalue weighted by atomic mass is 10.1. The minimum Gasteiger partial charge on any atom is -0.379 e. The SMILES string of the molecule is Cc1ccccc1C(=O)NCCc1ccc(S(=O)(=O)N2CCOCC2)cc1. The molecule has 0 radical (unpaired) electrons. The number of nitrogens with one attached hydrogen (secondary N) is 1. The molecule has 0 spiro atoms. The van der Waals surface area contributed by atoms with Crippen molar-refractivity contribution >= 4 is 15.9 Å². The van der Waals surface area contributed by atoms with Gasteiger partial charge in [0.05, 0.1) is 18.1 Å². The normalized spacial score (nSPS) is 15.4. The molecule has 2 aromatic rings. The van der Waals surface area contributed by atoms with Crippen LogP contribution in [0.5, 0.6) is 0 Å². The molecule has 27 heavy (non-hydrogen) atoms. The van der Waals surface area contributed by atoms with Gasteiger partial charge in [0.1, 0.15) is 0 Å². The van der Waals surface area contributed by atoms with Crippen molar-refractivity contribution in [1.82, 2.24) is 9.62 Å². The predicted molar refractivity (Wildman–Crippen MR) is 103 cm³/mol. The van der Waals surface area contributed by atoms with E-state index in [1.165, 1.54) is 4.31 Å².